The van der Waals surface area contributed by atoms with Crippen LogP contribution in [0.25, 0.3) is 0 Å². The molecule has 0 unspecified atom stereocenters. The van der Waals surface area contributed by atoms with Crippen LogP contribution in [0.4, 0.5) is 21.8 Å². The maximum atomic E-state index is 14.1. The first-order valence-corrected chi connectivity index (χ1v) is 12.0. The van der Waals surface area contributed by atoms with Crippen molar-refractivity contribution < 1.29 is 12.8 Å². The third kappa shape index (κ3) is 4.25. The number of anilines is 3. The molecule has 2 heterocycles. The third-order valence-corrected chi connectivity index (χ3v) is 7.46. The van der Waals surface area contributed by atoms with Gasteiger partial charge in [-0.25, -0.2) is 17.8 Å². The Balaban J connectivity index is 1.51. The number of nitrogen functional groups attached to an aromatic ring is 1. The van der Waals surface area contributed by atoms with Crippen LogP contribution in [0.15, 0.2) is 64.5 Å². The van der Waals surface area contributed by atoms with Crippen LogP contribution in [-0.4, -0.2) is 44.6 Å². The van der Waals surface area contributed by atoms with Crippen LogP contribution in [0.1, 0.15) is 25.3 Å². The Labute approximate surface area is 187 Å². The summed E-state index contributed by atoms with van der Waals surface area (Å²) in [6.45, 7) is 6.40. The Kier molecular flexibility index (Phi) is 6.01. The zero-order valence-electron chi connectivity index (χ0n) is 18.1. The molecule has 4 rings (SSSR count). The summed E-state index contributed by atoms with van der Waals surface area (Å²) in [5.74, 6) is 0.333. The lowest BCUT2D eigenvalue weighted by Crippen LogP contribution is -2.47. The molecule has 1 aliphatic rings. The Morgan fingerprint density at radius 2 is 1.59 bits per heavy atom. The van der Waals surface area contributed by atoms with Crippen molar-refractivity contribution in [2.45, 2.75) is 29.6 Å². The number of halogens is 1. The van der Waals surface area contributed by atoms with Gasteiger partial charge in [0.1, 0.15) is 16.5 Å². The van der Waals surface area contributed by atoms with Crippen LogP contribution in [0.5, 0.6) is 0 Å². The van der Waals surface area contributed by atoms with Gasteiger partial charge in [0.05, 0.1) is 16.8 Å². The summed E-state index contributed by atoms with van der Waals surface area (Å²) < 4.78 is 40.1. The van der Waals surface area contributed by atoms with E-state index in [0.29, 0.717) is 43.7 Å². The molecule has 2 N–H and O–H groups in total. The fourth-order valence-corrected chi connectivity index (χ4v) is 5.01. The number of para-hydroxylation sites is 1. The van der Waals surface area contributed by atoms with E-state index in [0.717, 1.165) is 5.56 Å². The minimum atomic E-state index is -3.83. The zero-order valence-corrected chi connectivity index (χ0v) is 18.9. The van der Waals surface area contributed by atoms with Gasteiger partial charge >= 0.3 is 0 Å². The zero-order chi connectivity index (χ0) is 22.9. The fourth-order valence-electron chi connectivity index (χ4n) is 3.75. The molecule has 1 saturated heterocycles. The summed E-state index contributed by atoms with van der Waals surface area (Å²) in [7, 11) is -3.83. The number of hydrogen-bond acceptors (Lipinski definition) is 7. The van der Waals surface area contributed by atoms with Gasteiger partial charge in [0.25, 0.3) is 0 Å². The van der Waals surface area contributed by atoms with Gasteiger partial charge in [0, 0.05) is 26.2 Å². The molecular formula is C23H26FN5O2S. The second-order valence-corrected chi connectivity index (χ2v) is 9.99. The second kappa shape index (κ2) is 8.74. The number of rotatable bonds is 5. The minimum absolute atomic E-state index is 0.0838. The van der Waals surface area contributed by atoms with Crippen LogP contribution >= 0.6 is 0 Å². The summed E-state index contributed by atoms with van der Waals surface area (Å²) in [5.41, 5.74) is 7.67. The van der Waals surface area contributed by atoms with E-state index in [2.05, 4.69) is 9.97 Å². The summed E-state index contributed by atoms with van der Waals surface area (Å²) in [5, 5.41) is 0. The standard InChI is InChI=1S/C23H26FN5O2S/c1-16(2)17-7-9-18(10-8-17)32(30,31)21-15-26-23(27-22(21)25)29-13-11-28(12-14-29)20-6-4-3-5-19(20)24/h3-10,15-16H,11-14H2,1-2H3,(H2,25,26,27). The van der Waals surface area contributed by atoms with E-state index >= 15 is 0 Å². The molecule has 0 radical (unpaired) electrons. The minimum Gasteiger partial charge on any atom is -0.382 e. The van der Waals surface area contributed by atoms with Crippen molar-refractivity contribution in [2.75, 3.05) is 41.7 Å². The Bertz CT molecular complexity index is 1210. The van der Waals surface area contributed by atoms with Gasteiger partial charge in [-0.1, -0.05) is 38.1 Å². The van der Waals surface area contributed by atoms with Gasteiger partial charge in [-0.3, -0.25) is 0 Å². The molecule has 0 bridgehead atoms. The van der Waals surface area contributed by atoms with Gasteiger partial charge in [0.15, 0.2) is 0 Å². The summed E-state index contributed by atoms with van der Waals surface area (Å²) in [6, 6.07) is 13.5. The number of aromatic nitrogens is 2. The molecule has 0 saturated carbocycles. The van der Waals surface area contributed by atoms with Crippen molar-refractivity contribution in [3.63, 3.8) is 0 Å². The van der Waals surface area contributed by atoms with Crippen LogP contribution in [0.3, 0.4) is 0 Å². The first kappa shape index (κ1) is 22.0. The highest BCUT2D eigenvalue weighted by Gasteiger charge is 2.25. The van der Waals surface area contributed by atoms with Crippen molar-refractivity contribution in [2.24, 2.45) is 0 Å². The maximum Gasteiger partial charge on any atom is 0.227 e. The van der Waals surface area contributed by atoms with Crippen LogP contribution < -0.4 is 15.5 Å². The van der Waals surface area contributed by atoms with Gasteiger partial charge in [0.2, 0.25) is 15.8 Å². The highest BCUT2D eigenvalue weighted by Crippen LogP contribution is 2.28. The summed E-state index contributed by atoms with van der Waals surface area (Å²) >= 11 is 0. The summed E-state index contributed by atoms with van der Waals surface area (Å²) in [4.78, 5) is 12.5. The normalized spacial score (nSPS) is 14.8. The smallest absolute Gasteiger partial charge is 0.227 e. The van der Waals surface area contributed by atoms with Gasteiger partial charge in [-0.15, -0.1) is 0 Å². The molecule has 1 fully saturated rings. The predicted molar refractivity (Wildman–Crippen MR) is 123 cm³/mol. The second-order valence-electron chi connectivity index (χ2n) is 8.07. The van der Waals surface area contributed by atoms with Crippen molar-refractivity contribution in [1.82, 2.24) is 9.97 Å². The third-order valence-electron chi connectivity index (χ3n) is 5.67. The Hall–Kier alpha value is -3.20. The predicted octanol–water partition coefficient (Wildman–Crippen LogP) is 3.48. The number of sulfone groups is 1. The average Bonchev–Trinajstić information content (AvgIpc) is 2.79. The molecule has 1 aliphatic heterocycles. The average molecular weight is 456 g/mol. The van der Waals surface area contributed by atoms with E-state index in [4.69, 9.17) is 5.73 Å². The van der Waals surface area contributed by atoms with Gasteiger partial charge in [-0.2, -0.15) is 4.98 Å². The van der Waals surface area contributed by atoms with E-state index < -0.39 is 9.84 Å². The highest BCUT2D eigenvalue weighted by atomic mass is 32.2. The molecule has 32 heavy (non-hydrogen) atoms. The first-order valence-electron chi connectivity index (χ1n) is 10.5. The monoisotopic (exact) mass is 455 g/mol. The SMILES string of the molecule is CC(C)c1ccc(S(=O)(=O)c2cnc(N3CCN(c4ccccc4F)CC3)nc2N)cc1. The number of nitrogens with two attached hydrogens (primary N) is 1. The van der Waals surface area contributed by atoms with Crippen LogP contribution in [0, 0.1) is 5.82 Å². The molecule has 0 spiro atoms. The van der Waals surface area contributed by atoms with Crippen molar-refractivity contribution in [1.29, 1.82) is 0 Å². The quantitative estimate of drug-likeness (QED) is 0.630. The van der Waals surface area contributed by atoms with E-state index in [1.807, 2.05) is 29.7 Å². The Morgan fingerprint density at radius 1 is 0.969 bits per heavy atom. The lowest BCUT2D eigenvalue weighted by Gasteiger charge is -2.36. The molecule has 0 atom stereocenters. The first-order chi connectivity index (χ1) is 15.3. The van der Waals surface area contributed by atoms with E-state index in [-0.39, 0.29) is 21.4 Å². The molecular weight excluding hydrogens is 429 g/mol. The molecule has 7 nitrogen and oxygen atoms in total. The molecule has 2 aromatic carbocycles. The number of hydrogen-bond donors (Lipinski definition) is 1. The van der Waals surface area contributed by atoms with Gasteiger partial charge < -0.3 is 15.5 Å². The van der Waals surface area contributed by atoms with Gasteiger partial charge in [-0.05, 0) is 35.7 Å². The lowest BCUT2D eigenvalue weighted by molar-refractivity contribution is 0.592. The number of nitrogens with zero attached hydrogens (tertiary/aromatic N) is 4. The largest absolute Gasteiger partial charge is 0.382 e. The maximum absolute atomic E-state index is 14.1. The van der Waals surface area contributed by atoms with Crippen molar-refractivity contribution >= 4 is 27.3 Å². The van der Waals surface area contributed by atoms with Crippen molar-refractivity contribution in [3.8, 4) is 0 Å². The molecule has 0 amide bonds. The Morgan fingerprint density at radius 3 is 2.19 bits per heavy atom. The molecule has 3 aromatic rings. The molecule has 9 heteroatoms. The molecule has 0 aliphatic carbocycles. The van der Waals surface area contributed by atoms with Crippen LogP contribution in [-0.2, 0) is 9.84 Å². The van der Waals surface area contributed by atoms with E-state index in [1.165, 1.54) is 12.3 Å². The van der Waals surface area contributed by atoms with Crippen molar-refractivity contribution in [3.05, 3.63) is 66.1 Å². The topological polar surface area (TPSA) is 92.4 Å². The molecule has 1 aromatic heterocycles. The highest BCUT2D eigenvalue weighted by molar-refractivity contribution is 7.91. The van der Waals surface area contributed by atoms with E-state index in [1.54, 1.807) is 36.4 Å². The number of piperazine rings is 1. The summed E-state index contributed by atoms with van der Waals surface area (Å²) in [6.07, 6.45) is 1.27. The van der Waals surface area contributed by atoms with Crippen LogP contribution in [0.2, 0.25) is 0 Å². The van der Waals surface area contributed by atoms with E-state index in [9.17, 15) is 12.8 Å². The number of benzene rings is 2. The lowest BCUT2D eigenvalue weighted by atomic mass is 10.0. The fraction of sp³-hybridized carbons (Fsp3) is 0.304. The molecule has 168 valence electrons.